The first-order chi connectivity index (χ1) is 12.5. The van der Waals surface area contributed by atoms with Gasteiger partial charge in [0.1, 0.15) is 11.5 Å². The molecular formula is C17H11BrN4O4. The van der Waals surface area contributed by atoms with Gasteiger partial charge >= 0.3 is 0 Å². The summed E-state index contributed by atoms with van der Waals surface area (Å²) in [6.07, 6.45) is 4.39. The minimum atomic E-state index is -0.472. The quantitative estimate of drug-likeness (QED) is 0.387. The Bertz CT molecular complexity index is 985. The van der Waals surface area contributed by atoms with Crippen molar-refractivity contribution < 1.29 is 14.1 Å². The predicted molar refractivity (Wildman–Crippen MR) is 97.8 cm³/mol. The third-order valence-corrected chi connectivity index (χ3v) is 4.01. The summed E-state index contributed by atoms with van der Waals surface area (Å²) in [4.78, 5) is 26.0. The van der Waals surface area contributed by atoms with Crippen molar-refractivity contribution in [2.24, 2.45) is 5.10 Å². The topological polar surface area (TPSA) is 111 Å². The minimum Gasteiger partial charge on any atom is -0.455 e. The van der Waals surface area contributed by atoms with E-state index in [1.54, 1.807) is 30.3 Å². The number of carbonyl (C=O) groups excluding carboxylic acids is 1. The summed E-state index contributed by atoms with van der Waals surface area (Å²) in [5, 5.41) is 14.6. The highest BCUT2D eigenvalue weighted by molar-refractivity contribution is 9.10. The fourth-order valence-corrected chi connectivity index (χ4v) is 2.67. The highest BCUT2D eigenvalue weighted by Gasteiger charge is 2.13. The number of nitrogens with one attached hydrogen (secondary N) is 1. The molecule has 130 valence electrons. The maximum Gasteiger partial charge on any atom is 0.271 e. The van der Waals surface area contributed by atoms with Crippen molar-refractivity contribution in [1.82, 2.24) is 10.4 Å². The van der Waals surface area contributed by atoms with Crippen LogP contribution in [0, 0.1) is 10.1 Å². The average Bonchev–Trinajstić information content (AvgIpc) is 3.10. The molecule has 0 radical (unpaired) electrons. The summed E-state index contributed by atoms with van der Waals surface area (Å²) in [5.74, 6) is 0.558. The van der Waals surface area contributed by atoms with Gasteiger partial charge in [-0.15, -0.1) is 0 Å². The molecule has 0 atom stereocenters. The van der Waals surface area contributed by atoms with E-state index in [4.69, 9.17) is 4.42 Å². The van der Waals surface area contributed by atoms with Crippen molar-refractivity contribution >= 4 is 33.7 Å². The number of non-ortho nitro benzene ring substituents is 1. The van der Waals surface area contributed by atoms with Crippen LogP contribution in [0.2, 0.25) is 0 Å². The molecule has 0 aliphatic carbocycles. The van der Waals surface area contributed by atoms with Crippen LogP contribution in [0.5, 0.6) is 0 Å². The predicted octanol–water partition coefficient (Wildman–Crippen LogP) is 3.78. The van der Waals surface area contributed by atoms with Crippen LogP contribution >= 0.6 is 15.9 Å². The second kappa shape index (κ2) is 7.70. The Morgan fingerprint density at radius 3 is 2.69 bits per heavy atom. The third kappa shape index (κ3) is 4.01. The standard InChI is InChI=1S/C17H11BrN4O4/c18-15-9-12(22(24)25)1-3-14(15)16-4-2-13(26-16)10-20-21-17(23)11-5-7-19-8-6-11/h1-10H,(H,21,23). The Labute approximate surface area is 155 Å². The van der Waals surface area contributed by atoms with E-state index in [9.17, 15) is 14.9 Å². The lowest BCUT2D eigenvalue weighted by Crippen LogP contribution is -2.17. The van der Waals surface area contributed by atoms with E-state index in [-0.39, 0.29) is 11.6 Å². The van der Waals surface area contributed by atoms with Crippen LogP contribution in [-0.4, -0.2) is 22.0 Å². The van der Waals surface area contributed by atoms with Crippen molar-refractivity contribution in [2.45, 2.75) is 0 Å². The van der Waals surface area contributed by atoms with Gasteiger partial charge in [-0.3, -0.25) is 19.9 Å². The molecule has 0 unspecified atom stereocenters. The summed E-state index contributed by atoms with van der Waals surface area (Å²) in [6, 6.07) is 10.9. The largest absolute Gasteiger partial charge is 0.455 e. The summed E-state index contributed by atoms with van der Waals surface area (Å²) in [6.45, 7) is 0. The van der Waals surface area contributed by atoms with E-state index >= 15 is 0 Å². The fraction of sp³-hybridized carbons (Fsp3) is 0. The van der Waals surface area contributed by atoms with Gasteiger partial charge in [-0.05, 0) is 46.3 Å². The van der Waals surface area contributed by atoms with Gasteiger partial charge in [0.25, 0.3) is 11.6 Å². The molecule has 0 saturated heterocycles. The van der Waals surface area contributed by atoms with E-state index in [1.165, 1.54) is 30.7 Å². The Morgan fingerprint density at radius 2 is 2.00 bits per heavy atom. The normalized spacial score (nSPS) is 10.8. The van der Waals surface area contributed by atoms with Gasteiger partial charge in [-0.25, -0.2) is 5.43 Å². The van der Waals surface area contributed by atoms with Crippen LogP contribution in [0.1, 0.15) is 16.1 Å². The van der Waals surface area contributed by atoms with E-state index < -0.39 is 4.92 Å². The van der Waals surface area contributed by atoms with E-state index in [2.05, 4.69) is 31.4 Å². The van der Waals surface area contributed by atoms with Crippen LogP contribution in [0.3, 0.4) is 0 Å². The number of hydrogen-bond donors (Lipinski definition) is 1. The second-order valence-electron chi connectivity index (χ2n) is 5.06. The summed E-state index contributed by atoms with van der Waals surface area (Å²) < 4.78 is 6.17. The Kier molecular flexibility index (Phi) is 5.18. The average molecular weight is 415 g/mol. The number of nitrogens with zero attached hydrogens (tertiary/aromatic N) is 3. The molecule has 2 heterocycles. The van der Waals surface area contributed by atoms with Crippen molar-refractivity contribution in [3.8, 4) is 11.3 Å². The molecule has 1 amide bonds. The zero-order valence-corrected chi connectivity index (χ0v) is 14.7. The van der Waals surface area contributed by atoms with Gasteiger partial charge < -0.3 is 4.42 Å². The van der Waals surface area contributed by atoms with Crippen molar-refractivity contribution in [2.75, 3.05) is 0 Å². The van der Waals surface area contributed by atoms with Crippen LogP contribution in [0.25, 0.3) is 11.3 Å². The zero-order chi connectivity index (χ0) is 18.5. The van der Waals surface area contributed by atoms with Crippen molar-refractivity contribution in [1.29, 1.82) is 0 Å². The van der Waals surface area contributed by atoms with Gasteiger partial charge in [-0.1, -0.05) is 0 Å². The molecule has 0 aliphatic rings. The molecule has 0 saturated carbocycles. The Balaban J connectivity index is 1.70. The molecule has 9 heteroatoms. The first-order valence-electron chi connectivity index (χ1n) is 7.32. The van der Waals surface area contributed by atoms with Crippen LogP contribution in [0.4, 0.5) is 5.69 Å². The number of hydrazone groups is 1. The Morgan fingerprint density at radius 1 is 1.23 bits per heavy atom. The number of rotatable bonds is 5. The summed E-state index contributed by atoms with van der Waals surface area (Å²) >= 11 is 3.30. The third-order valence-electron chi connectivity index (χ3n) is 3.36. The highest BCUT2D eigenvalue weighted by atomic mass is 79.9. The van der Waals surface area contributed by atoms with E-state index in [0.29, 0.717) is 27.1 Å². The van der Waals surface area contributed by atoms with E-state index in [1.807, 2.05) is 0 Å². The molecule has 1 N–H and O–H groups in total. The molecule has 0 bridgehead atoms. The number of nitro groups is 1. The fourth-order valence-electron chi connectivity index (χ4n) is 2.11. The lowest BCUT2D eigenvalue weighted by atomic mass is 10.1. The zero-order valence-electron chi connectivity index (χ0n) is 13.1. The molecule has 3 rings (SSSR count). The number of hydrogen-bond acceptors (Lipinski definition) is 6. The van der Waals surface area contributed by atoms with Gasteiger partial charge in [0.2, 0.25) is 0 Å². The number of carbonyl (C=O) groups is 1. The maximum atomic E-state index is 11.8. The molecule has 3 aromatic rings. The number of nitro benzene ring substituents is 1. The maximum absolute atomic E-state index is 11.8. The first-order valence-corrected chi connectivity index (χ1v) is 8.11. The monoisotopic (exact) mass is 414 g/mol. The van der Waals surface area contributed by atoms with Gasteiger partial charge in [-0.2, -0.15) is 5.10 Å². The molecular weight excluding hydrogens is 404 g/mol. The second-order valence-corrected chi connectivity index (χ2v) is 5.91. The number of amides is 1. The Hall–Kier alpha value is -3.33. The highest BCUT2D eigenvalue weighted by Crippen LogP contribution is 2.32. The van der Waals surface area contributed by atoms with Crippen LogP contribution < -0.4 is 5.43 Å². The number of furan rings is 1. The molecule has 0 fully saturated rings. The molecule has 8 nitrogen and oxygen atoms in total. The van der Waals surface area contributed by atoms with Gasteiger partial charge in [0.15, 0.2) is 0 Å². The first kappa shape index (κ1) is 17.5. The molecule has 0 spiro atoms. The van der Waals surface area contributed by atoms with Gasteiger partial charge in [0, 0.05) is 40.1 Å². The molecule has 2 aromatic heterocycles. The molecule has 1 aromatic carbocycles. The lowest BCUT2D eigenvalue weighted by Gasteiger charge is -2.00. The van der Waals surface area contributed by atoms with Crippen molar-refractivity contribution in [3.63, 3.8) is 0 Å². The molecule has 26 heavy (non-hydrogen) atoms. The number of halogens is 1. The number of pyridine rings is 1. The summed E-state index contributed by atoms with van der Waals surface area (Å²) in [5.41, 5.74) is 3.47. The summed E-state index contributed by atoms with van der Waals surface area (Å²) in [7, 11) is 0. The minimum absolute atomic E-state index is 0.0206. The SMILES string of the molecule is O=C(NN=Cc1ccc(-c2ccc([N+](=O)[O-])cc2Br)o1)c1ccncc1. The lowest BCUT2D eigenvalue weighted by molar-refractivity contribution is -0.384. The number of benzene rings is 1. The van der Waals surface area contributed by atoms with E-state index in [0.717, 1.165) is 0 Å². The molecule has 0 aliphatic heterocycles. The number of aromatic nitrogens is 1. The smallest absolute Gasteiger partial charge is 0.271 e. The van der Waals surface area contributed by atoms with Gasteiger partial charge in [0.05, 0.1) is 11.1 Å². The van der Waals surface area contributed by atoms with Crippen molar-refractivity contribution in [3.05, 3.63) is 80.8 Å². The van der Waals surface area contributed by atoms with Crippen LogP contribution in [0.15, 0.2) is 68.8 Å². The van der Waals surface area contributed by atoms with Crippen LogP contribution in [-0.2, 0) is 0 Å².